The van der Waals surface area contributed by atoms with E-state index in [1.165, 1.54) is 7.11 Å². The van der Waals surface area contributed by atoms with Crippen LogP contribution >= 0.6 is 0 Å². The molecule has 5 nitrogen and oxygen atoms in total. The zero-order valence-corrected chi connectivity index (χ0v) is 11.3. The molecule has 1 heterocycles. The molecular formula is C13H22N2O3. The van der Waals surface area contributed by atoms with E-state index in [1.807, 2.05) is 6.07 Å². The SMILES string of the molecule is COC(=O)c1ccc(CNCCOCC(C)C)[nH]1. The Balaban J connectivity index is 2.16. The van der Waals surface area contributed by atoms with Gasteiger partial charge in [-0.3, -0.25) is 0 Å². The van der Waals surface area contributed by atoms with E-state index < -0.39 is 0 Å². The summed E-state index contributed by atoms with van der Waals surface area (Å²) in [5.74, 6) is 0.220. The van der Waals surface area contributed by atoms with Crippen molar-refractivity contribution in [2.24, 2.45) is 5.92 Å². The van der Waals surface area contributed by atoms with Crippen LogP contribution in [0, 0.1) is 5.92 Å². The van der Waals surface area contributed by atoms with Gasteiger partial charge in [0.05, 0.1) is 13.7 Å². The fourth-order valence-electron chi connectivity index (χ4n) is 1.46. The van der Waals surface area contributed by atoms with Gasteiger partial charge in [-0.15, -0.1) is 0 Å². The van der Waals surface area contributed by atoms with E-state index in [9.17, 15) is 4.79 Å². The van der Waals surface area contributed by atoms with Gasteiger partial charge in [-0.05, 0) is 18.1 Å². The Bertz CT molecular complexity index is 361. The van der Waals surface area contributed by atoms with Gasteiger partial charge in [0.15, 0.2) is 0 Å². The number of aromatic nitrogens is 1. The fourth-order valence-corrected chi connectivity index (χ4v) is 1.46. The van der Waals surface area contributed by atoms with Crippen LogP contribution in [0.25, 0.3) is 0 Å². The molecule has 0 spiro atoms. The molecule has 0 saturated carbocycles. The third-order valence-electron chi connectivity index (χ3n) is 2.34. The first kappa shape index (κ1) is 14.7. The zero-order valence-electron chi connectivity index (χ0n) is 11.3. The van der Waals surface area contributed by atoms with Crippen molar-refractivity contribution in [3.05, 3.63) is 23.5 Å². The van der Waals surface area contributed by atoms with E-state index in [1.54, 1.807) is 6.07 Å². The summed E-state index contributed by atoms with van der Waals surface area (Å²) in [5, 5.41) is 3.24. The van der Waals surface area contributed by atoms with Crippen molar-refractivity contribution in [3.63, 3.8) is 0 Å². The van der Waals surface area contributed by atoms with Crippen LogP contribution in [0.2, 0.25) is 0 Å². The van der Waals surface area contributed by atoms with Crippen molar-refractivity contribution in [1.82, 2.24) is 10.3 Å². The first-order valence-electron chi connectivity index (χ1n) is 6.18. The number of rotatable bonds is 8. The Labute approximate surface area is 108 Å². The van der Waals surface area contributed by atoms with E-state index in [2.05, 4.69) is 28.9 Å². The summed E-state index contributed by atoms with van der Waals surface area (Å²) in [7, 11) is 1.37. The van der Waals surface area contributed by atoms with Crippen LogP contribution in [0.1, 0.15) is 30.0 Å². The van der Waals surface area contributed by atoms with Crippen LogP contribution in [-0.2, 0) is 16.0 Å². The van der Waals surface area contributed by atoms with Crippen LogP contribution in [0.3, 0.4) is 0 Å². The fraction of sp³-hybridized carbons (Fsp3) is 0.615. The van der Waals surface area contributed by atoms with Crippen molar-refractivity contribution in [2.45, 2.75) is 20.4 Å². The molecule has 102 valence electrons. The number of nitrogens with one attached hydrogen (secondary N) is 2. The molecule has 0 aliphatic heterocycles. The third kappa shape index (κ3) is 5.33. The third-order valence-corrected chi connectivity index (χ3v) is 2.34. The standard InChI is InChI=1S/C13H22N2O3/c1-10(2)9-18-7-6-14-8-11-4-5-12(15-11)13(16)17-3/h4-5,10,14-15H,6-9H2,1-3H3. The number of hydrogen-bond acceptors (Lipinski definition) is 4. The average Bonchev–Trinajstić information content (AvgIpc) is 2.81. The molecule has 5 heteroatoms. The van der Waals surface area contributed by atoms with Crippen LogP contribution < -0.4 is 5.32 Å². The Hall–Kier alpha value is -1.33. The molecule has 1 rings (SSSR count). The zero-order chi connectivity index (χ0) is 13.4. The first-order valence-corrected chi connectivity index (χ1v) is 6.18. The van der Waals surface area contributed by atoms with Gasteiger partial charge in [-0.2, -0.15) is 0 Å². The highest BCUT2D eigenvalue weighted by molar-refractivity contribution is 5.87. The maximum absolute atomic E-state index is 11.2. The number of aromatic amines is 1. The predicted molar refractivity (Wildman–Crippen MR) is 69.5 cm³/mol. The predicted octanol–water partition coefficient (Wildman–Crippen LogP) is 1.56. The molecule has 0 aromatic carbocycles. The molecule has 2 N–H and O–H groups in total. The van der Waals surface area contributed by atoms with Crippen molar-refractivity contribution in [3.8, 4) is 0 Å². The maximum Gasteiger partial charge on any atom is 0.354 e. The van der Waals surface area contributed by atoms with Crippen molar-refractivity contribution < 1.29 is 14.3 Å². The minimum Gasteiger partial charge on any atom is -0.464 e. The summed E-state index contributed by atoms with van der Waals surface area (Å²) in [5.41, 5.74) is 1.43. The number of carbonyl (C=O) groups excluding carboxylic acids is 1. The maximum atomic E-state index is 11.2. The number of H-pyrrole nitrogens is 1. The lowest BCUT2D eigenvalue weighted by molar-refractivity contribution is 0.0594. The average molecular weight is 254 g/mol. The molecule has 18 heavy (non-hydrogen) atoms. The highest BCUT2D eigenvalue weighted by Gasteiger charge is 2.07. The summed E-state index contributed by atoms with van der Waals surface area (Å²) in [6.07, 6.45) is 0. The summed E-state index contributed by atoms with van der Waals surface area (Å²) in [6, 6.07) is 3.59. The Morgan fingerprint density at radius 3 is 2.89 bits per heavy atom. The molecule has 0 saturated heterocycles. The van der Waals surface area contributed by atoms with Gasteiger partial charge in [0.2, 0.25) is 0 Å². The van der Waals surface area contributed by atoms with Gasteiger partial charge in [-0.25, -0.2) is 4.79 Å². The molecule has 1 aromatic heterocycles. The molecule has 1 aromatic rings. The summed E-state index contributed by atoms with van der Waals surface area (Å²) in [4.78, 5) is 14.2. The highest BCUT2D eigenvalue weighted by atomic mass is 16.5. The lowest BCUT2D eigenvalue weighted by Gasteiger charge is -2.07. The van der Waals surface area contributed by atoms with Gasteiger partial charge in [0.1, 0.15) is 5.69 Å². The molecule has 0 amide bonds. The number of ether oxygens (including phenoxy) is 2. The summed E-state index contributed by atoms with van der Waals surface area (Å²) < 4.78 is 10.1. The molecule has 0 aliphatic carbocycles. The van der Waals surface area contributed by atoms with E-state index in [-0.39, 0.29) is 5.97 Å². The lowest BCUT2D eigenvalue weighted by atomic mass is 10.2. The number of hydrogen-bond donors (Lipinski definition) is 2. The smallest absolute Gasteiger partial charge is 0.354 e. The molecule has 0 unspecified atom stereocenters. The van der Waals surface area contributed by atoms with E-state index >= 15 is 0 Å². The first-order chi connectivity index (χ1) is 8.63. The number of carbonyl (C=O) groups is 1. The summed E-state index contributed by atoms with van der Waals surface area (Å²) in [6.45, 7) is 7.21. The largest absolute Gasteiger partial charge is 0.464 e. The second-order valence-electron chi connectivity index (χ2n) is 4.53. The Morgan fingerprint density at radius 1 is 1.44 bits per heavy atom. The normalized spacial score (nSPS) is 10.9. The molecule has 0 radical (unpaired) electrons. The van der Waals surface area contributed by atoms with Crippen LogP contribution in [0.5, 0.6) is 0 Å². The summed E-state index contributed by atoms with van der Waals surface area (Å²) >= 11 is 0. The van der Waals surface area contributed by atoms with E-state index in [0.717, 1.165) is 18.8 Å². The quantitative estimate of drug-likeness (QED) is 0.546. The minimum atomic E-state index is -0.346. The van der Waals surface area contributed by atoms with E-state index in [4.69, 9.17) is 4.74 Å². The molecule has 0 atom stereocenters. The van der Waals surface area contributed by atoms with Crippen molar-refractivity contribution >= 4 is 5.97 Å². The second kappa shape index (κ2) is 7.89. The van der Waals surface area contributed by atoms with Crippen LogP contribution in [0.15, 0.2) is 12.1 Å². The number of methoxy groups -OCH3 is 1. The lowest BCUT2D eigenvalue weighted by Crippen LogP contribution is -2.20. The topological polar surface area (TPSA) is 63.4 Å². The van der Waals surface area contributed by atoms with Gasteiger partial charge >= 0.3 is 5.97 Å². The monoisotopic (exact) mass is 254 g/mol. The van der Waals surface area contributed by atoms with Gasteiger partial charge in [-0.1, -0.05) is 13.8 Å². The molecule has 0 aliphatic rings. The molecule has 0 fully saturated rings. The van der Waals surface area contributed by atoms with Crippen LogP contribution in [-0.4, -0.2) is 37.8 Å². The van der Waals surface area contributed by atoms with Gasteiger partial charge in [0, 0.05) is 25.4 Å². The Kier molecular flexibility index (Phi) is 6.46. The van der Waals surface area contributed by atoms with Crippen molar-refractivity contribution in [2.75, 3.05) is 26.9 Å². The van der Waals surface area contributed by atoms with Crippen molar-refractivity contribution in [1.29, 1.82) is 0 Å². The highest BCUT2D eigenvalue weighted by Crippen LogP contribution is 2.02. The van der Waals surface area contributed by atoms with Gasteiger partial charge < -0.3 is 19.8 Å². The van der Waals surface area contributed by atoms with E-state index in [0.29, 0.717) is 24.8 Å². The van der Waals surface area contributed by atoms with Gasteiger partial charge in [0.25, 0.3) is 0 Å². The van der Waals surface area contributed by atoms with Crippen LogP contribution in [0.4, 0.5) is 0 Å². The Morgan fingerprint density at radius 2 is 2.22 bits per heavy atom. The second-order valence-corrected chi connectivity index (χ2v) is 4.53. The molecular weight excluding hydrogens is 232 g/mol. The minimum absolute atomic E-state index is 0.346. The number of esters is 1. The molecule has 0 bridgehead atoms.